The van der Waals surface area contributed by atoms with Gasteiger partial charge in [0.15, 0.2) is 11.0 Å². The van der Waals surface area contributed by atoms with Crippen LogP contribution in [-0.2, 0) is 12.5 Å². The minimum Gasteiger partial charge on any atom is -0.457 e. The van der Waals surface area contributed by atoms with Crippen LogP contribution in [0.3, 0.4) is 0 Å². The zero-order chi connectivity index (χ0) is 37.6. The van der Waals surface area contributed by atoms with E-state index < -0.39 is 0 Å². The number of aromatic nitrogens is 5. The van der Waals surface area contributed by atoms with Gasteiger partial charge in [-0.15, -0.1) is 0 Å². The van der Waals surface area contributed by atoms with Crippen LogP contribution >= 0.6 is 0 Å². The number of pyridine rings is 1. The van der Waals surface area contributed by atoms with E-state index >= 15 is 0 Å². The lowest BCUT2D eigenvalue weighted by molar-refractivity contribution is -0.645. The highest BCUT2D eigenvalue weighted by atomic mass is 16.5. The Kier molecular flexibility index (Phi) is 7.30. The highest BCUT2D eigenvalue weighted by Gasteiger charge is 2.22. The van der Waals surface area contributed by atoms with Crippen LogP contribution in [0.25, 0.3) is 71.8 Å². The molecule has 0 bridgehead atoms. The van der Waals surface area contributed by atoms with Crippen LogP contribution in [0.15, 0.2) is 146 Å². The maximum Gasteiger partial charge on any atom is 0.249 e. The van der Waals surface area contributed by atoms with E-state index in [0.29, 0.717) is 0 Å². The first kappa shape index (κ1) is 32.9. The van der Waals surface area contributed by atoms with Crippen molar-refractivity contribution < 1.29 is 9.30 Å². The number of aryl methyl sites for hydroxylation is 3. The van der Waals surface area contributed by atoms with Crippen LogP contribution in [0.2, 0.25) is 0 Å². The standard InChI is InChI=1S/C49H42N5O/c1-31-13-11-16-40-41-17-12-14-32(2)48(41)53(47(31)40)34-23-24-50-46(28-34)54-42-18-8-7-15-38(42)39-22-21-36(29-45(39)54)55-37-26-33(49(3,4)5)25-35(27-37)52-30-51(6)43-19-9-10-20-44(43)52/h7-30H,1-6H3/q+1. The average molecular weight is 717 g/mol. The molecule has 55 heavy (non-hydrogen) atoms. The predicted molar refractivity (Wildman–Crippen MR) is 226 cm³/mol. The molecular weight excluding hydrogens is 675 g/mol. The van der Waals surface area contributed by atoms with E-state index in [2.05, 4.69) is 200 Å². The molecule has 0 saturated carbocycles. The van der Waals surface area contributed by atoms with Gasteiger partial charge >= 0.3 is 0 Å². The molecule has 0 saturated heterocycles. The van der Waals surface area contributed by atoms with E-state index in [-0.39, 0.29) is 5.41 Å². The fourth-order valence-electron chi connectivity index (χ4n) is 8.47. The Morgan fingerprint density at radius 2 is 1.24 bits per heavy atom. The van der Waals surface area contributed by atoms with Gasteiger partial charge in [0.2, 0.25) is 6.33 Å². The van der Waals surface area contributed by atoms with Crippen LogP contribution in [-0.4, -0.2) is 18.7 Å². The molecule has 0 aliphatic carbocycles. The first-order valence-corrected chi connectivity index (χ1v) is 18.9. The molecular formula is C49H42N5O+. The van der Waals surface area contributed by atoms with Gasteiger partial charge in [0.25, 0.3) is 0 Å². The Bertz CT molecular complexity index is 3090. The van der Waals surface area contributed by atoms with Gasteiger partial charge < -0.3 is 9.30 Å². The number of fused-ring (bicyclic) bond motifs is 7. The maximum absolute atomic E-state index is 6.84. The molecule has 10 rings (SSSR count). The molecule has 0 aliphatic heterocycles. The van der Waals surface area contributed by atoms with Gasteiger partial charge in [0.05, 0.1) is 34.8 Å². The Labute approximate surface area is 320 Å². The van der Waals surface area contributed by atoms with Crippen molar-refractivity contribution in [3.05, 3.63) is 163 Å². The van der Waals surface area contributed by atoms with Crippen molar-refractivity contribution in [3.63, 3.8) is 0 Å². The lowest BCUT2D eigenvalue weighted by Gasteiger charge is -2.20. The van der Waals surface area contributed by atoms with E-state index in [1.807, 2.05) is 6.20 Å². The summed E-state index contributed by atoms with van der Waals surface area (Å²) in [5, 5.41) is 4.83. The van der Waals surface area contributed by atoms with Crippen molar-refractivity contribution >= 4 is 54.6 Å². The molecule has 6 aromatic carbocycles. The molecule has 4 heterocycles. The van der Waals surface area contributed by atoms with Crippen LogP contribution in [0.5, 0.6) is 11.5 Å². The molecule has 6 heteroatoms. The van der Waals surface area contributed by atoms with Gasteiger partial charge in [-0.2, -0.15) is 4.57 Å². The minimum absolute atomic E-state index is 0.0836. The second-order valence-electron chi connectivity index (χ2n) is 15.8. The number of rotatable bonds is 5. The van der Waals surface area contributed by atoms with Gasteiger partial charge in [-0.1, -0.05) is 87.5 Å². The molecule has 0 fully saturated rings. The largest absolute Gasteiger partial charge is 0.457 e. The van der Waals surface area contributed by atoms with Gasteiger partial charge in [-0.05, 0) is 84.5 Å². The molecule has 268 valence electrons. The van der Waals surface area contributed by atoms with Crippen molar-refractivity contribution in [1.29, 1.82) is 0 Å². The number of nitrogens with zero attached hydrogens (tertiary/aromatic N) is 5. The van der Waals surface area contributed by atoms with Crippen LogP contribution < -0.4 is 9.30 Å². The fraction of sp³-hybridized carbons (Fsp3) is 0.143. The number of imidazole rings is 1. The molecule has 0 atom stereocenters. The van der Waals surface area contributed by atoms with E-state index in [0.717, 1.165) is 50.6 Å². The third-order valence-electron chi connectivity index (χ3n) is 11.2. The van der Waals surface area contributed by atoms with E-state index in [1.54, 1.807) is 0 Å². The molecule has 4 aromatic heterocycles. The second-order valence-corrected chi connectivity index (χ2v) is 15.8. The van der Waals surface area contributed by atoms with Gasteiger partial charge in [0.1, 0.15) is 23.0 Å². The third-order valence-corrected chi connectivity index (χ3v) is 11.2. The summed E-state index contributed by atoms with van der Waals surface area (Å²) >= 11 is 0. The predicted octanol–water partition coefficient (Wildman–Crippen LogP) is 11.8. The van der Waals surface area contributed by atoms with E-state index in [1.165, 1.54) is 49.4 Å². The van der Waals surface area contributed by atoms with E-state index in [4.69, 9.17) is 9.72 Å². The second kappa shape index (κ2) is 12.2. The van der Waals surface area contributed by atoms with Crippen molar-refractivity contribution in [3.8, 4) is 28.7 Å². The zero-order valence-electron chi connectivity index (χ0n) is 32.0. The number of ether oxygens (including phenoxy) is 1. The highest BCUT2D eigenvalue weighted by molar-refractivity contribution is 6.12. The molecule has 0 unspecified atom stereocenters. The molecule has 6 nitrogen and oxygen atoms in total. The summed E-state index contributed by atoms with van der Waals surface area (Å²) < 4.78 is 15.9. The third kappa shape index (κ3) is 5.24. The monoisotopic (exact) mass is 716 g/mol. The molecule has 0 radical (unpaired) electrons. The summed E-state index contributed by atoms with van der Waals surface area (Å²) in [6.45, 7) is 11.1. The zero-order valence-corrected chi connectivity index (χ0v) is 32.0. The maximum atomic E-state index is 6.84. The summed E-state index contributed by atoms with van der Waals surface area (Å²) in [7, 11) is 2.09. The normalized spacial score (nSPS) is 12.2. The fourth-order valence-corrected chi connectivity index (χ4v) is 8.47. The van der Waals surface area contributed by atoms with Crippen molar-refractivity contribution in [2.45, 2.75) is 40.0 Å². The summed E-state index contributed by atoms with van der Waals surface area (Å²) in [5.74, 6) is 2.41. The molecule has 10 aromatic rings. The molecule has 0 spiro atoms. The smallest absolute Gasteiger partial charge is 0.249 e. The van der Waals surface area contributed by atoms with Crippen molar-refractivity contribution in [2.24, 2.45) is 7.05 Å². The van der Waals surface area contributed by atoms with Gasteiger partial charge in [-0.3, -0.25) is 4.57 Å². The van der Waals surface area contributed by atoms with Crippen LogP contribution in [0, 0.1) is 13.8 Å². The number of benzene rings is 6. The molecule has 0 aliphatic rings. The van der Waals surface area contributed by atoms with Crippen molar-refractivity contribution in [1.82, 2.24) is 18.7 Å². The highest BCUT2D eigenvalue weighted by Crippen LogP contribution is 2.39. The summed E-state index contributed by atoms with van der Waals surface area (Å²) in [6, 6.07) is 47.6. The Morgan fingerprint density at radius 1 is 0.564 bits per heavy atom. The number of hydrogen-bond acceptors (Lipinski definition) is 2. The lowest BCUT2D eigenvalue weighted by Crippen LogP contribution is -2.25. The van der Waals surface area contributed by atoms with Gasteiger partial charge in [-0.25, -0.2) is 9.55 Å². The topological polar surface area (TPSA) is 40.8 Å². The average Bonchev–Trinajstić information content (AvgIpc) is 3.83. The van der Waals surface area contributed by atoms with Crippen molar-refractivity contribution in [2.75, 3.05) is 0 Å². The summed E-state index contributed by atoms with van der Waals surface area (Å²) in [6.07, 6.45) is 4.08. The Morgan fingerprint density at radius 3 is 1.98 bits per heavy atom. The van der Waals surface area contributed by atoms with Crippen LogP contribution in [0.1, 0.15) is 37.5 Å². The van der Waals surface area contributed by atoms with Crippen LogP contribution in [0.4, 0.5) is 0 Å². The quantitative estimate of drug-likeness (QED) is 0.166. The molecule has 0 N–H and O–H groups in total. The first-order valence-electron chi connectivity index (χ1n) is 18.9. The lowest BCUT2D eigenvalue weighted by atomic mass is 9.86. The minimum atomic E-state index is -0.0836. The first-order chi connectivity index (χ1) is 26.6. The summed E-state index contributed by atoms with van der Waals surface area (Å²) in [5.41, 5.74) is 12.6. The Balaban J connectivity index is 1.14. The SMILES string of the molecule is Cc1cccc2c3cccc(C)c3n(-c3ccnc(-n4c5ccccc5c5ccc(Oc6cc(-n7c[n+](C)c8ccccc87)cc(C(C)(C)C)c6)cc54)c3)c12. The van der Waals surface area contributed by atoms with Gasteiger partial charge in [0, 0.05) is 45.9 Å². The number of para-hydroxylation sites is 5. The summed E-state index contributed by atoms with van der Waals surface area (Å²) in [4.78, 5) is 5.03. The van der Waals surface area contributed by atoms with E-state index in [9.17, 15) is 0 Å². The molecule has 0 amide bonds. The number of hydrogen-bond donors (Lipinski definition) is 0. The Hall–Kier alpha value is -6.66.